The molecule has 3 rings (SSSR count). The second kappa shape index (κ2) is 4.16. The van der Waals surface area contributed by atoms with Crippen molar-refractivity contribution >= 4 is 5.69 Å². The van der Waals surface area contributed by atoms with E-state index in [0.29, 0.717) is 6.04 Å². The first-order valence-corrected chi connectivity index (χ1v) is 6.80. The zero-order valence-electron chi connectivity index (χ0n) is 11.5. The number of ether oxygens (including phenoxy) is 1. The fourth-order valence-electron chi connectivity index (χ4n) is 2.75. The highest BCUT2D eigenvalue weighted by Gasteiger charge is 2.30. The van der Waals surface area contributed by atoms with E-state index in [2.05, 4.69) is 49.2 Å². The lowest BCUT2D eigenvalue weighted by molar-refractivity contribution is 0.246. The molecule has 1 aromatic rings. The van der Waals surface area contributed by atoms with Crippen molar-refractivity contribution < 1.29 is 4.74 Å². The first-order valence-electron chi connectivity index (χ1n) is 6.80. The Hall–Kier alpha value is -1.22. The lowest BCUT2D eigenvalue weighted by Gasteiger charge is -2.42. The molecular weight excluding hydrogens is 224 g/mol. The van der Waals surface area contributed by atoms with Crippen LogP contribution in [0.4, 0.5) is 5.69 Å². The van der Waals surface area contributed by atoms with Gasteiger partial charge in [0.25, 0.3) is 0 Å². The maximum atomic E-state index is 5.95. The van der Waals surface area contributed by atoms with Crippen LogP contribution in [-0.4, -0.2) is 32.3 Å². The monoisotopic (exact) mass is 246 g/mol. The molecule has 0 amide bonds. The molecule has 1 fully saturated rings. The first-order chi connectivity index (χ1) is 8.55. The summed E-state index contributed by atoms with van der Waals surface area (Å²) < 4.78 is 5.95. The van der Waals surface area contributed by atoms with Crippen LogP contribution in [-0.2, 0) is 5.41 Å². The van der Waals surface area contributed by atoms with E-state index in [9.17, 15) is 0 Å². The molecule has 0 aromatic heterocycles. The molecule has 18 heavy (non-hydrogen) atoms. The van der Waals surface area contributed by atoms with Crippen molar-refractivity contribution in [2.45, 2.75) is 32.2 Å². The van der Waals surface area contributed by atoms with Gasteiger partial charge in [-0.25, -0.2) is 0 Å². The summed E-state index contributed by atoms with van der Waals surface area (Å²) >= 11 is 0. The minimum Gasteiger partial charge on any atom is -0.489 e. The van der Waals surface area contributed by atoms with E-state index in [4.69, 9.17) is 4.74 Å². The van der Waals surface area contributed by atoms with Crippen molar-refractivity contribution in [1.29, 1.82) is 0 Å². The lowest BCUT2D eigenvalue weighted by atomic mass is 9.86. The van der Waals surface area contributed by atoms with Gasteiger partial charge in [-0.2, -0.15) is 0 Å². The number of piperazine rings is 1. The van der Waals surface area contributed by atoms with E-state index >= 15 is 0 Å². The van der Waals surface area contributed by atoms with Crippen molar-refractivity contribution in [1.82, 2.24) is 5.32 Å². The molecule has 0 radical (unpaired) electrons. The average Bonchev–Trinajstić information content (AvgIpc) is 2.37. The highest BCUT2D eigenvalue weighted by molar-refractivity contribution is 5.62. The highest BCUT2D eigenvalue weighted by atomic mass is 16.5. The van der Waals surface area contributed by atoms with E-state index in [1.54, 1.807) is 0 Å². The molecule has 1 atom stereocenters. The molecule has 1 N–H and O–H groups in total. The zero-order valence-corrected chi connectivity index (χ0v) is 11.5. The smallest absolute Gasteiger partial charge is 0.143 e. The molecule has 2 heterocycles. The van der Waals surface area contributed by atoms with Crippen LogP contribution in [0.5, 0.6) is 5.75 Å². The Morgan fingerprint density at radius 2 is 2.17 bits per heavy atom. The Kier molecular flexibility index (Phi) is 2.74. The number of rotatable bonds is 0. The summed E-state index contributed by atoms with van der Waals surface area (Å²) in [6.45, 7) is 10.7. The summed E-state index contributed by atoms with van der Waals surface area (Å²) in [6, 6.07) is 7.18. The zero-order chi connectivity index (χ0) is 12.8. The molecule has 2 aliphatic rings. The third kappa shape index (κ3) is 1.97. The molecule has 1 aromatic carbocycles. The SMILES string of the molecule is CC(C)(C)c1ccc2c(c1)OCC1CNCCN21. The molecule has 3 heteroatoms. The molecule has 0 aliphatic carbocycles. The van der Waals surface area contributed by atoms with Crippen molar-refractivity contribution in [3.8, 4) is 5.75 Å². The highest BCUT2D eigenvalue weighted by Crippen LogP contribution is 2.37. The molecule has 3 nitrogen and oxygen atoms in total. The van der Waals surface area contributed by atoms with Gasteiger partial charge in [0, 0.05) is 19.6 Å². The predicted molar refractivity (Wildman–Crippen MR) is 74.6 cm³/mol. The number of fused-ring (bicyclic) bond motifs is 3. The van der Waals surface area contributed by atoms with Gasteiger partial charge in [-0.1, -0.05) is 26.8 Å². The molecule has 0 saturated carbocycles. The van der Waals surface area contributed by atoms with E-state index in [0.717, 1.165) is 32.0 Å². The van der Waals surface area contributed by atoms with Crippen LogP contribution in [0.25, 0.3) is 0 Å². The summed E-state index contributed by atoms with van der Waals surface area (Å²) in [5.41, 5.74) is 2.79. The van der Waals surface area contributed by atoms with Crippen LogP contribution < -0.4 is 15.0 Å². The van der Waals surface area contributed by atoms with Gasteiger partial charge >= 0.3 is 0 Å². The summed E-state index contributed by atoms with van der Waals surface area (Å²) in [5, 5.41) is 3.43. The molecule has 98 valence electrons. The predicted octanol–water partition coefficient (Wildman–Crippen LogP) is 2.15. The maximum Gasteiger partial charge on any atom is 0.143 e. The van der Waals surface area contributed by atoms with E-state index in [1.807, 2.05) is 0 Å². The molecule has 1 unspecified atom stereocenters. The van der Waals surface area contributed by atoms with Crippen molar-refractivity contribution in [3.05, 3.63) is 23.8 Å². The van der Waals surface area contributed by atoms with Gasteiger partial charge in [0.2, 0.25) is 0 Å². The Labute approximate surface area is 109 Å². The van der Waals surface area contributed by atoms with Crippen molar-refractivity contribution in [2.75, 3.05) is 31.1 Å². The third-order valence-corrected chi connectivity index (χ3v) is 3.92. The van der Waals surface area contributed by atoms with E-state index in [-0.39, 0.29) is 5.41 Å². The van der Waals surface area contributed by atoms with Crippen molar-refractivity contribution in [3.63, 3.8) is 0 Å². The van der Waals surface area contributed by atoms with Crippen LogP contribution >= 0.6 is 0 Å². The van der Waals surface area contributed by atoms with Gasteiger partial charge in [-0.15, -0.1) is 0 Å². The van der Waals surface area contributed by atoms with Gasteiger partial charge < -0.3 is 15.0 Å². The standard InChI is InChI=1S/C15H22N2O/c1-15(2,3)11-4-5-13-14(8-11)18-10-12-9-16-6-7-17(12)13/h4-5,8,12,16H,6-7,9-10H2,1-3H3. The average molecular weight is 246 g/mol. The summed E-state index contributed by atoms with van der Waals surface area (Å²) in [4.78, 5) is 2.49. The third-order valence-electron chi connectivity index (χ3n) is 3.92. The van der Waals surface area contributed by atoms with Gasteiger partial charge in [-0.05, 0) is 23.1 Å². The van der Waals surface area contributed by atoms with Gasteiger partial charge in [0.1, 0.15) is 12.4 Å². The molecule has 0 spiro atoms. The number of hydrogen-bond acceptors (Lipinski definition) is 3. The van der Waals surface area contributed by atoms with Crippen molar-refractivity contribution in [2.24, 2.45) is 0 Å². The Bertz CT molecular complexity index is 450. The second-order valence-electron chi connectivity index (χ2n) is 6.29. The minimum absolute atomic E-state index is 0.179. The van der Waals surface area contributed by atoms with E-state index < -0.39 is 0 Å². The number of benzene rings is 1. The van der Waals surface area contributed by atoms with Crippen LogP contribution in [0, 0.1) is 0 Å². The fraction of sp³-hybridized carbons (Fsp3) is 0.600. The largest absolute Gasteiger partial charge is 0.489 e. The van der Waals surface area contributed by atoms with Crippen LogP contribution in [0.1, 0.15) is 26.3 Å². The van der Waals surface area contributed by atoms with Crippen LogP contribution in [0.15, 0.2) is 18.2 Å². The minimum atomic E-state index is 0.179. The topological polar surface area (TPSA) is 24.5 Å². The normalized spacial score (nSPS) is 23.1. The summed E-state index contributed by atoms with van der Waals surface area (Å²) in [7, 11) is 0. The number of anilines is 1. The summed E-state index contributed by atoms with van der Waals surface area (Å²) in [6.07, 6.45) is 0. The first kappa shape index (κ1) is 11.8. The van der Waals surface area contributed by atoms with Gasteiger partial charge in [0.15, 0.2) is 0 Å². The molecular formula is C15H22N2O. The van der Waals surface area contributed by atoms with Gasteiger partial charge in [0.05, 0.1) is 11.7 Å². The van der Waals surface area contributed by atoms with Crippen LogP contribution in [0.3, 0.4) is 0 Å². The Morgan fingerprint density at radius 1 is 1.33 bits per heavy atom. The molecule has 2 aliphatic heterocycles. The quantitative estimate of drug-likeness (QED) is 0.759. The molecule has 0 bridgehead atoms. The number of hydrogen-bond donors (Lipinski definition) is 1. The maximum absolute atomic E-state index is 5.95. The van der Waals surface area contributed by atoms with E-state index in [1.165, 1.54) is 11.3 Å². The Balaban J connectivity index is 1.96. The Morgan fingerprint density at radius 3 is 2.94 bits per heavy atom. The molecule has 1 saturated heterocycles. The van der Waals surface area contributed by atoms with Crippen LogP contribution in [0.2, 0.25) is 0 Å². The van der Waals surface area contributed by atoms with Gasteiger partial charge in [-0.3, -0.25) is 0 Å². The lowest BCUT2D eigenvalue weighted by Crippen LogP contribution is -2.55. The number of nitrogens with one attached hydrogen (secondary N) is 1. The second-order valence-corrected chi connectivity index (χ2v) is 6.29. The number of nitrogens with zero attached hydrogens (tertiary/aromatic N) is 1. The fourth-order valence-corrected chi connectivity index (χ4v) is 2.75. The summed E-state index contributed by atoms with van der Waals surface area (Å²) in [5.74, 6) is 1.06.